The summed E-state index contributed by atoms with van der Waals surface area (Å²) in [5.41, 5.74) is 1.24. The maximum absolute atomic E-state index is 2.74. The topological polar surface area (TPSA) is 0 Å². The van der Waals surface area contributed by atoms with Crippen LogP contribution in [0.25, 0.3) is 0 Å². The highest BCUT2D eigenvalue weighted by Gasteiger charge is 2.68. The minimum atomic E-state index is 0.583. The summed E-state index contributed by atoms with van der Waals surface area (Å²) in [5.74, 6) is 7.87. The molecule has 7 unspecified atom stereocenters. The first-order valence-corrected chi connectivity index (χ1v) is 10.5. The zero-order valence-corrected chi connectivity index (χ0v) is 15.1. The molecule has 0 heteroatoms. The fourth-order valence-corrected chi connectivity index (χ4v) is 8.95. The van der Waals surface area contributed by atoms with Gasteiger partial charge >= 0.3 is 0 Å². The Labute approximate surface area is 137 Å². The van der Waals surface area contributed by atoms with Gasteiger partial charge in [-0.1, -0.05) is 40.0 Å². The van der Waals surface area contributed by atoms with Crippen molar-refractivity contribution in [2.24, 2.45) is 52.3 Å². The van der Waals surface area contributed by atoms with E-state index in [-0.39, 0.29) is 0 Å². The van der Waals surface area contributed by atoms with Gasteiger partial charge in [-0.15, -0.1) is 0 Å². The summed E-state index contributed by atoms with van der Waals surface area (Å²) < 4.78 is 0. The molecule has 0 heterocycles. The predicted octanol–water partition coefficient (Wildman–Crippen LogP) is 6.30. The van der Waals surface area contributed by atoms with E-state index in [4.69, 9.17) is 0 Å². The van der Waals surface area contributed by atoms with Crippen molar-refractivity contribution in [1.82, 2.24) is 0 Å². The summed E-state index contributed by atoms with van der Waals surface area (Å²) in [5, 5.41) is 0. The van der Waals surface area contributed by atoms with E-state index in [1.807, 2.05) is 0 Å². The van der Waals surface area contributed by atoms with Gasteiger partial charge in [-0.25, -0.2) is 0 Å². The maximum atomic E-state index is 2.74. The lowest BCUT2D eigenvalue weighted by Crippen LogP contribution is -2.49. The van der Waals surface area contributed by atoms with E-state index in [1.54, 1.807) is 32.1 Å². The molecule has 0 amide bonds. The normalized spacial score (nSPS) is 54.1. The second-order valence-electron chi connectivity index (χ2n) is 10.8. The largest absolute Gasteiger partial charge is 0.0591 e. The van der Waals surface area contributed by atoms with Crippen molar-refractivity contribution in [3.63, 3.8) is 0 Å². The van der Waals surface area contributed by atoms with E-state index < -0.39 is 0 Å². The SMILES string of the molecule is CC(C)(C1CCCCC1)C1(C)CC2CC1C1C3CCC(C3)C21. The minimum Gasteiger partial charge on any atom is -0.0591 e. The van der Waals surface area contributed by atoms with Crippen molar-refractivity contribution in [2.45, 2.75) is 85.0 Å². The standard InChI is InChI=1S/C22H36/c1-21(2,17-7-5-4-6-8-17)22(3)13-16-12-18(22)20-15-10-9-14(11-15)19(16)20/h14-20H,4-13H2,1-3H3. The molecule has 0 aliphatic heterocycles. The van der Waals surface area contributed by atoms with E-state index in [1.165, 1.54) is 38.0 Å². The first-order chi connectivity index (χ1) is 10.5. The fourth-order valence-electron chi connectivity index (χ4n) is 8.95. The highest BCUT2D eigenvalue weighted by atomic mass is 14.7. The van der Waals surface area contributed by atoms with Crippen LogP contribution < -0.4 is 0 Å². The Bertz CT molecular complexity index is 457. The minimum absolute atomic E-state index is 0.583. The molecule has 124 valence electrons. The monoisotopic (exact) mass is 300 g/mol. The third-order valence-corrected chi connectivity index (χ3v) is 10.2. The molecule has 5 fully saturated rings. The third kappa shape index (κ3) is 1.61. The highest BCUT2D eigenvalue weighted by Crippen LogP contribution is 2.75. The van der Waals surface area contributed by atoms with Gasteiger partial charge in [-0.05, 0) is 97.2 Å². The van der Waals surface area contributed by atoms with Crippen molar-refractivity contribution in [3.8, 4) is 0 Å². The van der Waals surface area contributed by atoms with Gasteiger partial charge in [0, 0.05) is 0 Å². The first kappa shape index (κ1) is 14.4. The molecule has 5 aliphatic carbocycles. The molecule has 0 N–H and O–H groups in total. The Hall–Kier alpha value is 0. The van der Waals surface area contributed by atoms with E-state index in [9.17, 15) is 0 Å². The van der Waals surface area contributed by atoms with E-state index in [0.29, 0.717) is 10.8 Å². The smallest absolute Gasteiger partial charge is 0.0238 e. The van der Waals surface area contributed by atoms with Gasteiger partial charge in [-0.3, -0.25) is 0 Å². The molecule has 0 radical (unpaired) electrons. The molecule has 5 aliphatic rings. The second kappa shape index (κ2) is 4.54. The molecule has 0 aromatic heterocycles. The summed E-state index contributed by atoms with van der Waals surface area (Å²) in [7, 11) is 0. The Morgan fingerprint density at radius 2 is 1.45 bits per heavy atom. The van der Waals surface area contributed by atoms with Crippen LogP contribution in [-0.4, -0.2) is 0 Å². The van der Waals surface area contributed by atoms with Crippen LogP contribution in [0.3, 0.4) is 0 Å². The van der Waals surface area contributed by atoms with Crippen LogP contribution in [-0.2, 0) is 0 Å². The lowest BCUT2D eigenvalue weighted by molar-refractivity contribution is -0.0772. The summed E-state index contributed by atoms with van der Waals surface area (Å²) in [6.07, 6.45) is 15.6. The molecule has 5 saturated carbocycles. The molecule has 7 atom stereocenters. The van der Waals surface area contributed by atoms with Crippen LogP contribution in [0.5, 0.6) is 0 Å². The molecule has 4 bridgehead atoms. The van der Waals surface area contributed by atoms with Crippen LogP contribution >= 0.6 is 0 Å². The summed E-state index contributed by atoms with van der Waals surface area (Å²) >= 11 is 0. The van der Waals surface area contributed by atoms with Crippen molar-refractivity contribution >= 4 is 0 Å². The number of rotatable bonds is 2. The first-order valence-electron chi connectivity index (χ1n) is 10.5. The zero-order valence-electron chi connectivity index (χ0n) is 15.1. The number of hydrogen-bond donors (Lipinski definition) is 0. The van der Waals surface area contributed by atoms with Gasteiger partial charge in [-0.2, -0.15) is 0 Å². The van der Waals surface area contributed by atoms with Crippen molar-refractivity contribution in [3.05, 3.63) is 0 Å². The van der Waals surface area contributed by atoms with E-state index in [2.05, 4.69) is 20.8 Å². The summed E-state index contributed by atoms with van der Waals surface area (Å²) in [6.45, 7) is 8.12. The molecule has 0 saturated heterocycles. The highest BCUT2D eigenvalue weighted by molar-refractivity contribution is 5.17. The van der Waals surface area contributed by atoms with Crippen molar-refractivity contribution in [1.29, 1.82) is 0 Å². The fraction of sp³-hybridized carbons (Fsp3) is 1.00. The molecule has 0 aromatic carbocycles. The molecule has 22 heavy (non-hydrogen) atoms. The Morgan fingerprint density at radius 3 is 2.18 bits per heavy atom. The van der Waals surface area contributed by atoms with Crippen LogP contribution in [0.2, 0.25) is 0 Å². The summed E-state index contributed by atoms with van der Waals surface area (Å²) in [4.78, 5) is 0. The lowest BCUT2D eigenvalue weighted by Gasteiger charge is -2.56. The van der Waals surface area contributed by atoms with Crippen molar-refractivity contribution < 1.29 is 0 Å². The Balaban J connectivity index is 1.45. The van der Waals surface area contributed by atoms with Gasteiger partial charge in [0.2, 0.25) is 0 Å². The molecule has 0 spiro atoms. The predicted molar refractivity (Wildman–Crippen MR) is 92.5 cm³/mol. The average molecular weight is 301 g/mol. The maximum Gasteiger partial charge on any atom is -0.0238 e. The van der Waals surface area contributed by atoms with Crippen LogP contribution in [0.15, 0.2) is 0 Å². The van der Waals surface area contributed by atoms with E-state index in [0.717, 1.165) is 35.5 Å². The van der Waals surface area contributed by atoms with Crippen LogP contribution in [0.4, 0.5) is 0 Å². The summed E-state index contributed by atoms with van der Waals surface area (Å²) in [6, 6.07) is 0. The second-order valence-corrected chi connectivity index (χ2v) is 10.8. The van der Waals surface area contributed by atoms with E-state index >= 15 is 0 Å². The molecule has 0 nitrogen and oxygen atoms in total. The van der Waals surface area contributed by atoms with Gasteiger partial charge in [0.1, 0.15) is 0 Å². The number of hydrogen-bond acceptors (Lipinski definition) is 0. The zero-order chi connectivity index (χ0) is 15.1. The molecular formula is C22H36. The third-order valence-electron chi connectivity index (χ3n) is 10.2. The Kier molecular flexibility index (Phi) is 2.96. The molecule has 5 rings (SSSR count). The molecule has 0 aromatic rings. The van der Waals surface area contributed by atoms with Gasteiger partial charge in [0.05, 0.1) is 0 Å². The Morgan fingerprint density at radius 1 is 0.773 bits per heavy atom. The van der Waals surface area contributed by atoms with Gasteiger partial charge in [0.25, 0.3) is 0 Å². The average Bonchev–Trinajstić information content (AvgIpc) is 3.26. The lowest BCUT2D eigenvalue weighted by atomic mass is 9.48. The van der Waals surface area contributed by atoms with Crippen molar-refractivity contribution in [2.75, 3.05) is 0 Å². The van der Waals surface area contributed by atoms with Crippen LogP contribution in [0, 0.1) is 52.3 Å². The number of fused-ring (bicyclic) bond motifs is 9. The van der Waals surface area contributed by atoms with Gasteiger partial charge < -0.3 is 0 Å². The van der Waals surface area contributed by atoms with Gasteiger partial charge in [0.15, 0.2) is 0 Å². The quantitative estimate of drug-likeness (QED) is 0.525. The molecular weight excluding hydrogens is 264 g/mol. The van der Waals surface area contributed by atoms with Crippen LogP contribution in [0.1, 0.15) is 85.0 Å².